The third-order valence-corrected chi connectivity index (χ3v) is 8.23. The predicted molar refractivity (Wildman–Crippen MR) is 88.7 cm³/mol. The standard InChI is InChI=1S/C20H27NO3/c1-18-7-5-13(22)9-12(18)3-4-14-15-6-8-20(24,11-21)19(15,2)10-16(23)17(14)18/h9,14-17,23-24H,3-8,10H2,1-2H3/t14-,15-,16+,17+,18+,19+,20+/m1/s1. The third kappa shape index (κ3) is 1.83. The zero-order chi connectivity index (χ0) is 17.3. The summed E-state index contributed by atoms with van der Waals surface area (Å²) in [6.45, 7) is 4.23. The van der Waals surface area contributed by atoms with Crippen molar-refractivity contribution in [2.45, 2.75) is 70.5 Å². The van der Waals surface area contributed by atoms with Crippen molar-refractivity contribution in [3.05, 3.63) is 11.6 Å². The van der Waals surface area contributed by atoms with Gasteiger partial charge in [0.2, 0.25) is 0 Å². The molecule has 0 bridgehead atoms. The molecule has 3 saturated carbocycles. The van der Waals surface area contributed by atoms with Crippen LogP contribution >= 0.6 is 0 Å². The number of aliphatic hydroxyl groups is 2. The average molecular weight is 329 g/mol. The normalized spacial score (nSPS) is 53.5. The Balaban J connectivity index is 1.76. The molecule has 4 aliphatic carbocycles. The van der Waals surface area contributed by atoms with E-state index in [1.54, 1.807) is 0 Å². The molecule has 4 rings (SSSR count). The Morgan fingerprint density at radius 2 is 2.00 bits per heavy atom. The monoisotopic (exact) mass is 329 g/mol. The number of aliphatic hydroxyl groups excluding tert-OH is 1. The maximum Gasteiger partial charge on any atom is 0.156 e. The van der Waals surface area contributed by atoms with Gasteiger partial charge in [0.15, 0.2) is 11.4 Å². The zero-order valence-electron chi connectivity index (χ0n) is 14.6. The first-order chi connectivity index (χ1) is 11.2. The number of hydrogen-bond donors (Lipinski definition) is 2. The minimum absolute atomic E-state index is 0.106. The molecule has 0 aromatic rings. The summed E-state index contributed by atoms with van der Waals surface area (Å²) in [4.78, 5) is 11.9. The van der Waals surface area contributed by atoms with Crippen LogP contribution in [0.25, 0.3) is 0 Å². The van der Waals surface area contributed by atoms with Gasteiger partial charge in [-0.1, -0.05) is 19.4 Å². The van der Waals surface area contributed by atoms with E-state index in [-0.39, 0.29) is 23.0 Å². The van der Waals surface area contributed by atoms with Gasteiger partial charge in [-0.3, -0.25) is 4.79 Å². The molecule has 0 saturated heterocycles. The molecule has 0 unspecified atom stereocenters. The van der Waals surface area contributed by atoms with Gasteiger partial charge in [-0.15, -0.1) is 0 Å². The molecule has 3 fully saturated rings. The van der Waals surface area contributed by atoms with Gasteiger partial charge in [0, 0.05) is 11.8 Å². The summed E-state index contributed by atoms with van der Waals surface area (Å²) < 4.78 is 0. The zero-order valence-corrected chi connectivity index (χ0v) is 14.6. The van der Waals surface area contributed by atoms with E-state index in [0.29, 0.717) is 25.2 Å². The Labute approximate surface area is 143 Å². The van der Waals surface area contributed by atoms with Gasteiger partial charge >= 0.3 is 0 Å². The number of hydrogen-bond acceptors (Lipinski definition) is 4. The molecule has 130 valence electrons. The molecular formula is C20H27NO3. The van der Waals surface area contributed by atoms with Gasteiger partial charge < -0.3 is 10.2 Å². The summed E-state index contributed by atoms with van der Waals surface area (Å²) in [5.41, 5.74) is -0.727. The van der Waals surface area contributed by atoms with Crippen molar-refractivity contribution in [3.8, 4) is 6.07 Å². The van der Waals surface area contributed by atoms with E-state index in [4.69, 9.17) is 0 Å². The first-order valence-electron chi connectivity index (χ1n) is 9.31. The molecule has 0 amide bonds. The van der Waals surface area contributed by atoms with Crippen molar-refractivity contribution in [2.24, 2.45) is 28.6 Å². The van der Waals surface area contributed by atoms with Crippen LogP contribution in [0.15, 0.2) is 11.6 Å². The van der Waals surface area contributed by atoms with Crippen molar-refractivity contribution >= 4 is 5.78 Å². The summed E-state index contributed by atoms with van der Waals surface area (Å²) in [6, 6.07) is 2.16. The lowest BCUT2D eigenvalue weighted by atomic mass is 9.45. The molecule has 24 heavy (non-hydrogen) atoms. The Morgan fingerprint density at radius 3 is 2.71 bits per heavy atom. The highest BCUT2D eigenvalue weighted by molar-refractivity contribution is 5.91. The van der Waals surface area contributed by atoms with Gasteiger partial charge in [0.05, 0.1) is 12.2 Å². The number of nitrogens with zero attached hydrogens (tertiary/aromatic N) is 1. The van der Waals surface area contributed by atoms with Crippen LogP contribution < -0.4 is 0 Å². The number of ketones is 1. The lowest BCUT2D eigenvalue weighted by molar-refractivity contribution is -0.156. The highest BCUT2D eigenvalue weighted by Gasteiger charge is 2.66. The largest absolute Gasteiger partial charge is 0.393 e. The molecule has 0 aliphatic heterocycles. The maximum absolute atomic E-state index is 11.9. The second-order valence-corrected chi connectivity index (χ2v) is 9.09. The second kappa shape index (κ2) is 4.93. The van der Waals surface area contributed by atoms with E-state index in [9.17, 15) is 20.3 Å². The fraction of sp³-hybridized carbons (Fsp3) is 0.800. The molecule has 0 radical (unpaired) electrons. The number of nitriles is 1. The van der Waals surface area contributed by atoms with E-state index in [2.05, 4.69) is 13.0 Å². The minimum atomic E-state index is -1.32. The van der Waals surface area contributed by atoms with E-state index < -0.39 is 17.1 Å². The van der Waals surface area contributed by atoms with Crippen molar-refractivity contribution in [1.29, 1.82) is 5.26 Å². The van der Waals surface area contributed by atoms with Crippen molar-refractivity contribution < 1.29 is 15.0 Å². The van der Waals surface area contributed by atoms with E-state index >= 15 is 0 Å². The highest BCUT2D eigenvalue weighted by atomic mass is 16.3. The van der Waals surface area contributed by atoms with Crippen molar-refractivity contribution in [1.82, 2.24) is 0 Å². The predicted octanol–water partition coefficient (Wildman–Crippen LogP) is 2.74. The lowest BCUT2D eigenvalue weighted by Gasteiger charge is -2.60. The Bertz CT molecular complexity index is 664. The molecule has 4 heteroatoms. The van der Waals surface area contributed by atoms with E-state index in [1.165, 1.54) is 5.57 Å². The number of allylic oxidation sites excluding steroid dienone is 1. The van der Waals surface area contributed by atoms with Crippen LogP contribution in [0.2, 0.25) is 0 Å². The quantitative estimate of drug-likeness (QED) is 0.670. The van der Waals surface area contributed by atoms with Crippen LogP contribution in [0.4, 0.5) is 0 Å². The van der Waals surface area contributed by atoms with Gasteiger partial charge in [0.1, 0.15) is 0 Å². The number of rotatable bonds is 0. The van der Waals surface area contributed by atoms with Crippen LogP contribution in [0.1, 0.15) is 58.8 Å². The molecule has 2 N–H and O–H groups in total. The lowest BCUT2D eigenvalue weighted by Crippen LogP contribution is -2.59. The Morgan fingerprint density at radius 1 is 1.25 bits per heavy atom. The minimum Gasteiger partial charge on any atom is -0.393 e. The van der Waals surface area contributed by atoms with Gasteiger partial charge in [0.25, 0.3) is 0 Å². The molecule has 7 atom stereocenters. The van der Waals surface area contributed by atoms with E-state index in [0.717, 1.165) is 25.7 Å². The van der Waals surface area contributed by atoms with E-state index in [1.807, 2.05) is 13.0 Å². The highest BCUT2D eigenvalue weighted by Crippen LogP contribution is 2.67. The topological polar surface area (TPSA) is 81.3 Å². The average Bonchev–Trinajstić information content (AvgIpc) is 2.79. The molecule has 0 aromatic heterocycles. The van der Waals surface area contributed by atoms with Crippen LogP contribution in [-0.4, -0.2) is 27.7 Å². The molecule has 0 spiro atoms. The fourth-order valence-corrected chi connectivity index (χ4v) is 6.88. The van der Waals surface area contributed by atoms with Crippen LogP contribution in [-0.2, 0) is 4.79 Å². The summed E-state index contributed by atoms with van der Waals surface area (Å²) in [5, 5.41) is 31.5. The van der Waals surface area contributed by atoms with Crippen molar-refractivity contribution in [3.63, 3.8) is 0 Å². The summed E-state index contributed by atoms with van der Waals surface area (Å²) >= 11 is 0. The molecular weight excluding hydrogens is 302 g/mol. The molecule has 4 aliphatic rings. The van der Waals surface area contributed by atoms with Crippen LogP contribution in [0, 0.1) is 39.9 Å². The van der Waals surface area contributed by atoms with Gasteiger partial charge in [-0.05, 0) is 67.8 Å². The Kier molecular flexibility index (Phi) is 3.34. The van der Waals surface area contributed by atoms with Crippen LogP contribution in [0.5, 0.6) is 0 Å². The first-order valence-corrected chi connectivity index (χ1v) is 9.31. The molecule has 0 heterocycles. The number of fused-ring (bicyclic) bond motifs is 5. The third-order valence-electron chi connectivity index (χ3n) is 8.23. The number of carbonyl (C=O) groups excluding carboxylic acids is 1. The first kappa shape index (κ1) is 16.3. The Hall–Kier alpha value is -1.18. The van der Waals surface area contributed by atoms with Crippen LogP contribution in [0.3, 0.4) is 0 Å². The fourth-order valence-electron chi connectivity index (χ4n) is 6.88. The summed E-state index contributed by atoms with van der Waals surface area (Å²) in [6.07, 6.45) is 6.44. The molecule has 4 nitrogen and oxygen atoms in total. The van der Waals surface area contributed by atoms with Crippen molar-refractivity contribution in [2.75, 3.05) is 0 Å². The van der Waals surface area contributed by atoms with Gasteiger partial charge in [-0.25, -0.2) is 0 Å². The summed E-state index contributed by atoms with van der Waals surface area (Å²) in [5.74, 6) is 0.975. The number of carbonyl (C=O) groups is 1. The van der Waals surface area contributed by atoms with Gasteiger partial charge in [-0.2, -0.15) is 5.26 Å². The maximum atomic E-state index is 11.9. The smallest absolute Gasteiger partial charge is 0.156 e. The summed E-state index contributed by atoms with van der Waals surface area (Å²) in [7, 11) is 0. The SMILES string of the molecule is C[C@]12CCC(=O)C=C1CC[C@H]1[C@H]2[C@@H](O)C[C@@]2(C)[C@@H]1CC[C@]2(O)C#N. The second-order valence-electron chi connectivity index (χ2n) is 9.09. The molecule has 0 aromatic carbocycles.